The number of allylic oxidation sites excluding steroid dienone is 4. The van der Waals surface area contributed by atoms with E-state index < -0.39 is 0 Å². The van der Waals surface area contributed by atoms with Gasteiger partial charge in [-0.1, -0.05) is 31.9 Å². The lowest BCUT2D eigenvalue weighted by molar-refractivity contribution is 1.53. The fourth-order valence-electron chi connectivity index (χ4n) is 0.365. The Hall–Kier alpha value is 1.14. The van der Waals surface area contributed by atoms with Gasteiger partial charge in [-0.3, -0.25) is 0 Å². The third-order valence-corrected chi connectivity index (χ3v) is 4.13. The summed E-state index contributed by atoms with van der Waals surface area (Å²) in [5.74, 6) is 0. The van der Waals surface area contributed by atoms with Crippen LogP contribution in [-0.4, -0.2) is 0 Å². The van der Waals surface area contributed by atoms with Crippen LogP contribution in [0, 0.1) is 0 Å². The van der Waals surface area contributed by atoms with Crippen molar-refractivity contribution in [3.8, 4) is 0 Å². The van der Waals surface area contributed by atoms with Crippen molar-refractivity contribution < 1.29 is 0 Å². The van der Waals surface area contributed by atoms with E-state index >= 15 is 0 Å². The lowest BCUT2D eigenvalue weighted by Crippen LogP contribution is -1.75. The molecule has 0 fully saturated rings. The lowest BCUT2D eigenvalue weighted by atomic mass is 10.3. The highest BCUT2D eigenvalue weighted by molar-refractivity contribution is 9.14. The van der Waals surface area contributed by atoms with Gasteiger partial charge in [0.1, 0.15) is 0 Å². The Morgan fingerprint density at radius 1 is 1.18 bits per heavy atom. The number of rotatable bonds is 2. The second-order valence-corrected chi connectivity index (χ2v) is 4.38. The van der Waals surface area contributed by atoms with Gasteiger partial charge in [0.25, 0.3) is 0 Å². The highest BCUT2D eigenvalue weighted by Crippen LogP contribution is 2.26. The van der Waals surface area contributed by atoms with E-state index in [-0.39, 0.29) is 0 Å². The van der Waals surface area contributed by atoms with E-state index in [0.717, 1.165) is 14.5 Å². The third-order valence-electron chi connectivity index (χ3n) is 0.929. The van der Waals surface area contributed by atoms with E-state index in [4.69, 9.17) is 0 Å². The Labute approximate surface area is 100 Å². The summed E-state index contributed by atoms with van der Waals surface area (Å²) in [7, 11) is 0. The fourth-order valence-corrected chi connectivity index (χ4v) is 2.21. The van der Waals surface area contributed by atoms with E-state index in [1.54, 1.807) is 4.99 Å². The summed E-state index contributed by atoms with van der Waals surface area (Å²) >= 11 is 13.3. The van der Waals surface area contributed by atoms with Crippen LogP contribution in [0.3, 0.4) is 0 Å². The molecule has 0 saturated carbocycles. The van der Waals surface area contributed by atoms with E-state index in [1.165, 1.54) is 0 Å². The van der Waals surface area contributed by atoms with Crippen molar-refractivity contribution in [2.45, 2.75) is 6.92 Å². The summed E-state index contributed by atoms with van der Waals surface area (Å²) < 4.78 is 2.03. The van der Waals surface area contributed by atoms with E-state index in [1.807, 2.05) is 18.0 Å². The molecule has 0 amide bonds. The molecule has 0 aliphatic heterocycles. The molecule has 0 aromatic rings. The van der Waals surface area contributed by atoms with Gasteiger partial charge in [0.15, 0.2) is 0 Å². The average Bonchev–Trinajstić information content (AvgIpc) is 2.02. The van der Waals surface area contributed by atoms with Gasteiger partial charge < -0.3 is 0 Å². The number of hydrogen-bond acceptors (Lipinski definition) is 0. The minimum Gasteiger partial charge on any atom is -0.0594 e. The van der Waals surface area contributed by atoms with Crippen LogP contribution < -0.4 is 0 Å². The van der Waals surface area contributed by atoms with E-state index in [9.17, 15) is 0 Å². The third kappa shape index (κ3) is 4.65. The molecule has 0 aromatic heterocycles. The van der Waals surface area contributed by atoms with Crippen molar-refractivity contribution in [1.29, 1.82) is 0 Å². The van der Waals surface area contributed by atoms with Crippen molar-refractivity contribution in [1.82, 2.24) is 0 Å². The zero-order valence-corrected chi connectivity index (χ0v) is 12.1. The van der Waals surface area contributed by atoms with E-state index in [0.29, 0.717) is 0 Å². The van der Waals surface area contributed by atoms with Gasteiger partial charge in [0.2, 0.25) is 0 Å². The average molecular weight is 410 g/mol. The maximum Gasteiger partial charge on any atom is 0.0352 e. The van der Waals surface area contributed by atoms with Crippen LogP contribution in [0.1, 0.15) is 6.92 Å². The summed E-state index contributed by atoms with van der Waals surface area (Å²) in [5.41, 5.74) is 1.13. The van der Waals surface area contributed by atoms with Gasteiger partial charge in [0, 0.05) is 8.96 Å². The molecular formula is C7H6Br4. The van der Waals surface area contributed by atoms with Crippen LogP contribution in [0.2, 0.25) is 0 Å². The van der Waals surface area contributed by atoms with Crippen molar-refractivity contribution in [2.75, 3.05) is 0 Å². The Balaban J connectivity index is 4.66. The molecule has 0 bridgehead atoms. The van der Waals surface area contributed by atoms with Crippen LogP contribution in [0.15, 0.2) is 30.6 Å². The maximum absolute atomic E-state index is 3.43. The van der Waals surface area contributed by atoms with Gasteiger partial charge in [-0.05, 0) is 60.4 Å². The van der Waals surface area contributed by atoms with Crippen LogP contribution >= 0.6 is 63.7 Å². The predicted octanol–water partition coefficient (Wildman–Crippen LogP) is 5.20. The zero-order chi connectivity index (χ0) is 8.85. The van der Waals surface area contributed by atoms with Crippen LogP contribution in [0.5, 0.6) is 0 Å². The summed E-state index contributed by atoms with van der Waals surface area (Å²) in [6.45, 7) is 2.00. The molecule has 0 atom stereocenters. The minimum atomic E-state index is 1.00. The second kappa shape index (κ2) is 6.63. The highest BCUT2D eigenvalue weighted by Gasteiger charge is 1.98. The molecule has 0 saturated heterocycles. The molecule has 0 nitrogen and oxygen atoms in total. The summed E-state index contributed by atoms with van der Waals surface area (Å²) in [5, 5.41) is 0. The molecule has 0 aromatic carbocycles. The minimum absolute atomic E-state index is 1.00. The van der Waals surface area contributed by atoms with Gasteiger partial charge in [-0.15, -0.1) is 0 Å². The highest BCUT2D eigenvalue weighted by atomic mass is 79.9. The van der Waals surface area contributed by atoms with Crippen molar-refractivity contribution >= 4 is 63.7 Å². The lowest BCUT2D eigenvalue weighted by Gasteiger charge is -1.98. The number of halogens is 4. The molecule has 0 rings (SSSR count). The molecule has 0 aliphatic carbocycles. The van der Waals surface area contributed by atoms with Crippen molar-refractivity contribution in [3.63, 3.8) is 0 Å². The Bertz CT molecular complexity index is 212. The van der Waals surface area contributed by atoms with Crippen LogP contribution in [0.4, 0.5) is 0 Å². The van der Waals surface area contributed by atoms with Crippen molar-refractivity contribution in [3.05, 3.63) is 30.6 Å². The monoisotopic (exact) mass is 406 g/mol. The first-order valence-electron chi connectivity index (χ1n) is 2.73. The van der Waals surface area contributed by atoms with Gasteiger partial charge in [-0.2, -0.15) is 0 Å². The van der Waals surface area contributed by atoms with Crippen molar-refractivity contribution in [2.24, 2.45) is 0 Å². The summed E-state index contributed by atoms with van der Waals surface area (Å²) in [4.78, 5) is 3.65. The van der Waals surface area contributed by atoms with Gasteiger partial charge in [0.05, 0.1) is 0 Å². The first-order valence-corrected chi connectivity index (χ1v) is 6.14. The molecule has 0 heterocycles. The maximum atomic E-state index is 3.43. The molecule has 0 unspecified atom stereocenters. The topological polar surface area (TPSA) is 0 Å². The first kappa shape index (κ1) is 12.1. The molecule has 0 aliphatic rings. The number of hydrogen-bond donors (Lipinski definition) is 0. The first-order chi connectivity index (χ1) is 5.13. The molecule has 0 radical (unpaired) electrons. The largest absolute Gasteiger partial charge is 0.0594 e. The molecular weight excluding hydrogens is 404 g/mol. The van der Waals surface area contributed by atoms with E-state index in [2.05, 4.69) is 63.7 Å². The predicted molar refractivity (Wildman–Crippen MR) is 65.6 cm³/mol. The Morgan fingerprint density at radius 2 is 1.73 bits per heavy atom. The quantitative estimate of drug-likeness (QED) is 0.550. The normalized spacial score (nSPS) is 15.5. The van der Waals surface area contributed by atoms with Crippen LogP contribution in [-0.2, 0) is 0 Å². The molecule has 4 heteroatoms. The smallest absolute Gasteiger partial charge is 0.0352 e. The standard InChI is InChI=1S/C7H6Br4/c1-5(4-9)7(11)6(10)2-3-8/h2-4H,1H3/b3-2+,5-4+,7-6-. The van der Waals surface area contributed by atoms with Crippen LogP contribution in [0.25, 0.3) is 0 Å². The zero-order valence-electron chi connectivity index (χ0n) is 5.74. The molecule has 0 N–H and O–H groups in total. The molecule has 11 heavy (non-hydrogen) atoms. The molecule has 0 spiro atoms. The Morgan fingerprint density at radius 3 is 2.09 bits per heavy atom. The fraction of sp³-hybridized carbons (Fsp3) is 0.143. The van der Waals surface area contributed by atoms with Gasteiger partial charge >= 0.3 is 0 Å². The SMILES string of the molecule is CC(=C\Br)/C(Br)=C(Br)\C=C\Br. The second-order valence-electron chi connectivity index (χ2n) is 1.75. The summed E-state index contributed by atoms with van der Waals surface area (Å²) in [6, 6.07) is 0. The summed E-state index contributed by atoms with van der Waals surface area (Å²) in [6.07, 6.45) is 1.91. The van der Waals surface area contributed by atoms with Gasteiger partial charge in [-0.25, -0.2) is 0 Å². The Kier molecular flexibility index (Phi) is 7.32. The molecule has 62 valence electrons.